The summed E-state index contributed by atoms with van der Waals surface area (Å²) in [5, 5.41) is 4.31. The molecule has 14 heavy (non-hydrogen) atoms. The highest BCUT2D eigenvalue weighted by molar-refractivity contribution is 7.15. The van der Waals surface area contributed by atoms with E-state index in [2.05, 4.69) is 21.4 Å². The molecule has 0 aliphatic rings. The number of thiazole rings is 1. The van der Waals surface area contributed by atoms with Crippen LogP contribution in [0.5, 0.6) is 0 Å². The molecular weight excluding hydrogens is 194 g/mol. The number of aromatic amines is 1. The molecule has 0 aliphatic carbocycles. The fourth-order valence-corrected chi connectivity index (χ4v) is 2.18. The zero-order valence-electron chi connectivity index (χ0n) is 8.08. The molecule has 74 valence electrons. The Morgan fingerprint density at radius 1 is 1.57 bits per heavy atom. The van der Waals surface area contributed by atoms with Crippen LogP contribution in [-0.4, -0.2) is 23.6 Å². The first-order chi connectivity index (χ1) is 6.90. The van der Waals surface area contributed by atoms with Crippen LogP contribution in [0.25, 0.3) is 10.4 Å². The summed E-state index contributed by atoms with van der Waals surface area (Å²) in [5.41, 5.74) is 1.22. The van der Waals surface area contributed by atoms with E-state index in [1.165, 1.54) is 15.4 Å². The summed E-state index contributed by atoms with van der Waals surface area (Å²) >= 11 is 1.76. The maximum Gasteiger partial charge on any atom is 0.0943 e. The van der Waals surface area contributed by atoms with Crippen molar-refractivity contribution in [2.24, 2.45) is 0 Å². The van der Waals surface area contributed by atoms with Crippen LogP contribution in [0.2, 0.25) is 0 Å². The molecular formula is C10H13N3S. The second-order valence-electron chi connectivity index (χ2n) is 3.07. The highest BCUT2D eigenvalue weighted by Gasteiger charge is 2.03. The van der Waals surface area contributed by atoms with Gasteiger partial charge in [-0.3, -0.25) is 0 Å². The quantitative estimate of drug-likeness (QED) is 0.804. The minimum absolute atomic E-state index is 0.986. The van der Waals surface area contributed by atoms with Crippen LogP contribution in [0.1, 0.15) is 5.01 Å². The van der Waals surface area contributed by atoms with Crippen molar-refractivity contribution in [1.82, 2.24) is 15.3 Å². The number of aromatic nitrogens is 2. The van der Waals surface area contributed by atoms with Gasteiger partial charge in [-0.15, -0.1) is 11.3 Å². The number of likely N-dealkylation sites (N-methyl/N-ethyl adjacent to an activating group) is 1. The monoisotopic (exact) mass is 207 g/mol. The zero-order valence-corrected chi connectivity index (χ0v) is 8.90. The van der Waals surface area contributed by atoms with Gasteiger partial charge >= 0.3 is 0 Å². The van der Waals surface area contributed by atoms with E-state index in [-0.39, 0.29) is 0 Å². The van der Waals surface area contributed by atoms with Crippen LogP contribution in [0.3, 0.4) is 0 Å². The maximum absolute atomic E-state index is 4.37. The van der Waals surface area contributed by atoms with Gasteiger partial charge in [-0.1, -0.05) is 0 Å². The SMILES string of the molecule is CNCCc1ncc(-c2cc[nH]c2)s1. The van der Waals surface area contributed by atoms with Gasteiger partial charge in [0, 0.05) is 37.1 Å². The Labute approximate surface area is 87.2 Å². The lowest BCUT2D eigenvalue weighted by Crippen LogP contribution is -2.09. The van der Waals surface area contributed by atoms with Crippen LogP contribution in [0.4, 0.5) is 0 Å². The van der Waals surface area contributed by atoms with Crippen molar-refractivity contribution >= 4 is 11.3 Å². The number of rotatable bonds is 4. The number of nitrogens with one attached hydrogen (secondary N) is 2. The fourth-order valence-electron chi connectivity index (χ4n) is 1.27. The molecule has 0 atom stereocenters. The van der Waals surface area contributed by atoms with Crippen molar-refractivity contribution in [3.8, 4) is 10.4 Å². The number of H-pyrrole nitrogens is 1. The van der Waals surface area contributed by atoms with Gasteiger partial charge in [0.05, 0.1) is 9.88 Å². The van der Waals surface area contributed by atoms with Gasteiger partial charge in [-0.25, -0.2) is 4.98 Å². The van der Waals surface area contributed by atoms with E-state index in [1.54, 1.807) is 11.3 Å². The molecule has 0 radical (unpaired) electrons. The van der Waals surface area contributed by atoms with Gasteiger partial charge < -0.3 is 10.3 Å². The molecule has 0 unspecified atom stereocenters. The molecule has 0 saturated carbocycles. The maximum atomic E-state index is 4.37. The highest BCUT2D eigenvalue weighted by Crippen LogP contribution is 2.25. The Balaban J connectivity index is 2.10. The van der Waals surface area contributed by atoms with Crippen LogP contribution in [-0.2, 0) is 6.42 Å². The summed E-state index contributed by atoms with van der Waals surface area (Å²) in [5.74, 6) is 0. The van der Waals surface area contributed by atoms with E-state index in [0.29, 0.717) is 0 Å². The Morgan fingerprint density at radius 2 is 2.50 bits per heavy atom. The molecule has 2 rings (SSSR count). The Bertz CT molecular complexity index is 378. The van der Waals surface area contributed by atoms with Gasteiger partial charge in [-0.2, -0.15) is 0 Å². The Hall–Kier alpha value is -1.13. The van der Waals surface area contributed by atoms with Crippen molar-refractivity contribution in [3.05, 3.63) is 29.7 Å². The molecule has 2 aromatic heterocycles. The fraction of sp³-hybridized carbons (Fsp3) is 0.300. The predicted octanol–water partition coefficient (Wildman–Crippen LogP) is 1.90. The van der Waals surface area contributed by atoms with Crippen molar-refractivity contribution < 1.29 is 0 Å². The van der Waals surface area contributed by atoms with Gasteiger partial charge in [-0.05, 0) is 13.1 Å². The lowest BCUT2D eigenvalue weighted by Gasteiger charge is -1.92. The summed E-state index contributed by atoms with van der Waals surface area (Å²) in [6, 6.07) is 2.06. The van der Waals surface area contributed by atoms with Crippen molar-refractivity contribution in [3.63, 3.8) is 0 Å². The molecule has 0 fully saturated rings. The minimum atomic E-state index is 0.986. The predicted molar refractivity (Wildman–Crippen MR) is 59.5 cm³/mol. The smallest absolute Gasteiger partial charge is 0.0943 e. The molecule has 0 aromatic carbocycles. The molecule has 2 heterocycles. The van der Waals surface area contributed by atoms with Gasteiger partial charge in [0.2, 0.25) is 0 Å². The van der Waals surface area contributed by atoms with Gasteiger partial charge in [0.15, 0.2) is 0 Å². The van der Waals surface area contributed by atoms with E-state index in [0.717, 1.165) is 13.0 Å². The molecule has 0 amide bonds. The lowest BCUT2D eigenvalue weighted by molar-refractivity contribution is 0.787. The van der Waals surface area contributed by atoms with E-state index in [1.807, 2.05) is 25.6 Å². The third-order valence-electron chi connectivity index (χ3n) is 2.02. The van der Waals surface area contributed by atoms with Gasteiger partial charge in [0.1, 0.15) is 0 Å². The standard InChI is InChI=1S/C10H13N3S/c1-11-4-3-10-13-7-9(14-10)8-2-5-12-6-8/h2,5-7,11-12H,3-4H2,1H3. The summed E-state index contributed by atoms with van der Waals surface area (Å²) < 4.78 is 0. The summed E-state index contributed by atoms with van der Waals surface area (Å²) in [6.07, 6.45) is 6.88. The molecule has 4 heteroatoms. The second-order valence-corrected chi connectivity index (χ2v) is 4.19. The molecule has 3 nitrogen and oxygen atoms in total. The molecule has 2 N–H and O–H groups in total. The van der Waals surface area contributed by atoms with Crippen LogP contribution < -0.4 is 5.32 Å². The molecule has 0 saturated heterocycles. The molecule has 0 bridgehead atoms. The van der Waals surface area contributed by atoms with Crippen molar-refractivity contribution in [2.75, 3.05) is 13.6 Å². The summed E-state index contributed by atoms with van der Waals surface area (Å²) in [4.78, 5) is 8.66. The Morgan fingerprint density at radius 3 is 3.21 bits per heavy atom. The van der Waals surface area contributed by atoms with Crippen molar-refractivity contribution in [1.29, 1.82) is 0 Å². The van der Waals surface area contributed by atoms with Crippen LogP contribution in [0.15, 0.2) is 24.7 Å². The van der Waals surface area contributed by atoms with Crippen LogP contribution in [0, 0.1) is 0 Å². The average Bonchev–Trinajstić information content (AvgIpc) is 2.85. The second kappa shape index (κ2) is 4.39. The molecule has 0 spiro atoms. The number of hydrogen-bond donors (Lipinski definition) is 2. The van der Waals surface area contributed by atoms with E-state index in [4.69, 9.17) is 0 Å². The topological polar surface area (TPSA) is 40.7 Å². The number of hydrogen-bond acceptors (Lipinski definition) is 3. The van der Waals surface area contributed by atoms with E-state index < -0.39 is 0 Å². The minimum Gasteiger partial charge on any atom is -0.367 e. The molecule has 2 aromatic rings. The first-order valence-corrected chi connectivity index (χ1v) is 5.44. The highest BCUT2D eigenvalue weighted by atomic mass is 32.1. The Kier molecular flexibility index (Phi) is 2.96. The van der Waals surface area contributed by atoms with Crippen LogP contribution >= 0.6 is 11.3 Å². The lowest BCUT2D eigenvalue weighted by atomic mass is 10.3. The normalized spacial score (nSPS) is 10.6. The first-order valence-electron chi connectivity index (χ1n) is 4.62. The van der Waals surface area contributed by atoms with Crippen molar-refractivity contribution in [2.45, 2.75) is 6.42 Å². The summed E-state index contributed by atoms with van der Waals surface area (Å²) in [7, 11) is 1.96. The first kappa shape index (κ1) is 9.43. The van der Waals surface area contributed by atoms with E-state index >= 15 is 0 Å². The largest absolute Gasteiger partial charge is 0.367 e. The molecule has 0 aliphatic heterocycles. The third-order valence-corrected chi connectivity index (χ3v) is 3.13. The third kappa shape index (κ3) is 2.02. The summed E-state index contributed by atoms with van der Waals surface area (Å²) in [6.45, 7) is 0.986. The van der Waals surface area contributed by atoms with Gasteiger partial charge in [0.25, 0.3) is 0 Å². The zero-order chi connectivity index (χ0) is 9.80. The average molecular weight is 207 g/mol. The van der Waals surface area contributed by atoms with E-state index in [9.17, 15) is 0 Å². The number of nitrogens with zero attached hydrogens (tertiary/aromatic N) is 1.